The predicted molar refractivity (Wildman–Crippen MR) is 95.1 cm³/mol. The summed E-state index contributed by atoms with van der Waals surface area (Å²) in [6, 6.07) is 5.95. The third kappa shape index (κ3) is 3.98. The van der Waals surface area contributed by atoms with E-state index in [9.17, 15) is 4.79 Å². The van der Waals surface area contributed by atoms with Crippen molar-refractivity contribution in [1.29, 1.82) is 0 Å². The topological polar surface area (TPSA) is 71.8 Å². The number of amides is 1. The Morgan fingerprint density at radius 1 is 1.42 bits per heavy atom. The molecule has 2 aromatic heterocycles. The highest BCUT2D eigenvalue weighted by atomic mass is 79.9. The van der Waals surface area contributed by atoms with Crippen LogP contribution in [-0.2, 0) is 4.74 Å². The maximum atomic E-state index is 12.3. The van der Waals surface area contributed by atoms with Crippen molar-refractivity contribution in [3.8, 4) is 0 Å². The molecule has 0 radical (unpaired) electrons. The van der Waals surface area contributed by atoms with E-state index in [2.05, 4.69) is 31.3 Å². The van der Waals surface area contributed by atoms with Crippen LogP contribution in [-0.4, -0.2) is 50.3 Å². The fraction of sp³-hybridized carbons (Fsp3) is 0.562. The second kappa shape index (κ2) is 6.58. The van der Waals surface area contributed by atoms with Gasteiger partial charge in [0.05, 0.1) is 0 Å². The Labute approximate surface area is 149 Å². The van der Waals surface area contributed by atoms with Crippen LogP contribution in [0.4, 0.5) is 10.6 Å². The van der Waals surface area contributed by atoms with Crippen molar-refractivity contribution in [3.63, 3.8) is 0 Å². The highest BCUT2D eigenvalue weighted by molar-refractivity contribution is 9.10. The fourth-order valence-electron chi connectivity index (χ4n) is 2.78. The van der Waals surface area contributed by atoms with E-state index in [-0.39, 0.29) is 12.1 Å². The number of fused-ring (bicyclic) bond motifs is 1. The van der Waals surface area contributed by atoms with E-state index in [0.29, 0.717) is 11.3 Å². The average Bonchev–Trinajstić information content (AvgIpc) is 2.87. The summed E-state index contributed by atoms with van der Waals surface area (Å²) in [4.78, 5) is 18.3. The summed E-state index contributed by atoms with van der Waals surface area (Å²) in [5, 5.41) is 7.81. The number of nitrogens with one attached hydrogen (secondary N) is 1. The molecule has 3 rings (SSSR count). The molecule has 130 valence electrons. The smallest absolute Gasteiger partial charge is 0.410 e. The Hall–Kier alpha value is -1.83. The summed E-state index contributed by atoms with van der Waals surface area (Å²) in [6.45, 7) is 6.99. The van der Waals surface area contributed by atoms with Crippen molar-refractivity contribution in [1.82, 2.24) is 19.5 Å². The van der Waals surface area contributed by atoms with Gasteiger partial charge in [0.2, 0.25) is 4.73 Å². The van der Waals surface area contributed by atoms with E-state index in [4.69, 9.17) is 4.74 Å². The number of carbonyl (C=O) groups is 1. The molecule has 3 heterocycles. The van der Waals surface area contributed by atoms with E-state index < -0.39 is 5.60 Å². The molecule has 1 aliphatic rings. The molecule has 0 aromatic carbocycles. The van der Waals surface area contributed by atoms with Gasteiger partial charge in [-0.15, -0.1) is 5.10 Å². The lowest BCUT2D eigenvalue weighted by molar-refractivity contribution is 0.0206. The minimum absolute atomic E-state index is 0.153. The SMILES string of the molecule is CC(C)(C)OC(=O)N1CCC[C@H](Nc2cccc3nc(Br)nn23)C1. The van der Waals surface area contributed by atoms with Crippen molar-refractivity contribution in [2.24, 2.45) is 0 Å². The van der Waals surface area contributed by atoms with Crippen molar-refractivity contribution in [3.05, 3.63) is 22.9 Å². The van der Waals surface area contributed by atoms with Gasteiger partial charge in [0, 0.05) is 19.1 Å². The molecule has 7 nitrogen and oxygen atoms in total. The average molecular weight is 396 g/mol. The molecule has 1 N–H and O–H groups in total. The largest absolute Gasteiger partial charge is 0.444 e. The zero-order valence-corrected chi connectivity index (χ0v) is 15.7. The number of halogens is 1. The van der Waals surface area contributed by atoms with E-state index in [1.165, 1.54) is 0 Å². The third-order valence-electron chi connectivity index (χ3n) is 3.76. The summed E-state index contributed by atoms with van der Waals surface area (Å²) in [5.74, 6) is 0.863. The van der Waals surface area contributed by atoms with Crippen LogP contribution in [0.3, 0.4) is 0 Å². The number of hydrogen-bond acceptors (Lipinski definition) is 5. The highest BCUT2D eigenvalue weighted by Crippen LogP contribution is 2.20. The first-order valence-electron chi connectivity index (χ1n) is 8.07. The Morgan fingerprint density at radius 3 is 2.96 bits per heavy atom. The van der Waals surface area contributed by atoms with Gasteiger partial charge in [0.1, 0.15) is 11.4 Å². The summed E-state index contributed by atoms with van der Waals surface area (Å²) in [6.07, 6.45) is 1.68. The lowest BCUT2D eigenvalue weighted by atomic mass is 10.1. The Balaban J connectivity index is 1.70. The van der Waals surface area contributed by atoms with Crippen LogP contribution in [0.1, 0.15) is 33.6 Å². The summed E-state index contributed by atoms with van der Waals surface area (Å²) < 4.78 is 7.79. The number of pyridine rings is 1. The first kappa shape index (κ1) is 17.0. The van der Waals surface area contributed by atoms with Crippen molar-refractivity contribution < 1.29 is 9.53 Å². The number of piperidine rings is 1. The molecule has 0 aliphatic carbocycles. The quantitative estimate of drug-likeness (QED) is 0.844. The Kier molecular flexibility index (Phi) is 4.67. The predicted octanol–water partition coefficient (Wildman–Crippen LogP) is 3.30. The standard InChI is InChI=1S/C16H22BrN5O2/c1-16(2,3)24-15(23)21-9-5-6-11(10-21)18-12-7-4-8-13-19-14(17)20-22(12)13/h4,7-8,11,18H,5-6,9-10H2,1-3H3/t11-/m0/s1. The summed E-state index contributed by atoms with van der Waals surface area (Å²) >= 11 is 3.30. The van der Waals surface area contributed by atoms with Crippen LogP contribution in [0.25, 0.3) is 5.65 Å². The van der Waals surface area contributed by atoms with E-state index in [1.54, 1.807) is 9.42 Å². The zero-order valence-electron chi connectivity index (χ0n) is 14.1. The molecule has 2 aromatic rings. The second-order valence-electron chi connectivity index (χ2n) is 6.97. The number of hydrogen-bond donors (Lipinski definition) is 1. The Bertz CT molecular complexity index is 740. The van der Waals surface area contributed by atoms with Crippen LogP contribution < -0.4 is 5.32 Å². The van der Waals surface area contributed by atoms with Gasteiger partial charge in [-0.2, -0.15) is 4.52 Å². The fourth-order valence-corrected chi connectivity index (χ4v) is 3.12. The normalized spacial score (nSPS) is 18.7. The number of likely N-dealkylation sites (tertiary alicyclic amines) is 1. The molecule has 1 saturated heterocycles. The minimum Gasteiger partial charge on any atom is -0.444 e. The lowest BCUT2D eigenvalue weighted by Crippen LogP contribution is -2.47. The summed E-state index contributed by atoms with van der Waals surface area (Å²) in [5.41, 5.74) is 0.294. The molecule has 0 bridgehead atoms. The van der Waals surface area contributed by atoms with Gasteiger partial charge < -0.3 is 15.0 Å². The lowest BCUT2D eigenvalue weighted by Gasteiger charge is -2.34. The van der Waals surface area contributed by atoms with Crippen molar-refractivity contribution >= 4 is 33.5 Å². The second-order valence-corrected chi connectivity index (χ2v) is 7.68. The van der Waals surface area contributed by atoms with Gasteiger partial charge in [0.15, 0.2) is 5.65 Å². The van der Waals surface area contributed by atoms with E-state index in [0.717, 1.165) is 30.9 Å². The van der Waals surface area contributed by atoms with Crippen LogP contribution in [0, 0.1) is 0 Å². The first-order chi connectivity index (χ1) is 11.3. The maximum Gasteiger partial charge on any atom is 0.410 e. The number of rotatable bonds is 2. The van der Waals surface area contributed by atoms with Gasteiger partial charge in [-0.25, -0.2) is 9.78 Å². The molecular formula is C16H22BrN5O2. The van der Waals surface area contributed by atoms with Crippen molar-refractivity contribution in [2.75, 3.05) is 18.4 Å². The summed E-state index contributed by atoms with van der Waals surface area (Å²) in [7, 11) is 0. The minimum atomic E-state index is -0.476. The number of aromatic nitrogens is 3. The van der Waals surface area contributed by atoms with Crippen LogP contribution in [0.2, 0.25) is 0 Å². The van der Waals surface area contributed by atoms with Gasteiger partial charge >= 0.3 is 6.09 Å². The number of nitrogens with zero attached hydrogens (tertiary/aromatic N) is 4. The molecule has 0 unspecified atom stereocenters. The molecule has 1 atom stereocenters. The van der Waals surface area contributed by atoms with E-state index >= 15 is 0 Å². The molecule has 8 heteroatoms. The molecule has 0 spiro atoms. The molecule has 24 heavy (non-hydrogen) atoms. The van der Waals surface area contributed by atoms with Crippen LogP contribution >= 0.6 is 15.9 Å². The Morgan fingerprint density at radius 2 is 2.21 bits per heavy atom. The van der Waals surface area contributed by atoms with Gasteiger partial charge in [-0.3, -0.25) is 0 Å². The molecular weight excluding hydrogens is 374 g/mol. The maximum absolute atomic E-state index is 12.3. The van der Waals surface area contributed by atoms with E-state index in [1.807, 2.05) is 39.0 Å². The highest BCUT2D eigenvalue weighted by Gasteiger charge is 2.27. The first-order valence-corrected chi connectivity index (χ1v) is 8.87. The zero-order chi connectivity index (χ0) is 17.3. The van der Waals surface area contributed by atoms with Crippen LogP contribution in [0.15, 0.2) is 22.9 Å². The molecule has 0 saturated carbocycles. The molecule has 1 aliphatic heterocycles. The van der Waals surface area contributed by atoms with Gasteiger partial charge in [0.25, 0.3) is 0 Å². The molecule has 1 fully saturated rings. The molecule has 1 amide bonds. The van der Waals surface area contributed by atoms with Crippen LogP contribution in [0.5, 0.6) is 0 Å². The monoisotopic (exact) mass is 395 g/mol. The van der Waals surface area contributed by atoms with Gasteiger partial charge in [-0.1, -0.05) is 6.07 Å². The number of ether oxygens (including phenoxy) is 1. The third-order valence-corrected chi connectivity index (χ3v) is 4.09. The van der Waals surface area contributed by atoms with Gasteiger partial charge in [-0.05, 0) is 61.7 Å². The number of carbonyl (C=O) groups excluding carboxylic acids is 1. The number of anilines is 1. The van der Waals surface area contributed by atoms with Crippen molar-refractivity contribution in [2.45, 2.75) is 45.3 Å².